The number of carbonyl (C=O) groups excluding carboxylic acids is 1. The molecule has 1 amide bonds. The summed E-state index contributed by atoms with van der Waals surface area (Å²) in [5.74, 6) is -0.316. The van der Waals surface area contributed by atoms with E-state index in [9.17, 15) is 9.18 Å². The van der Waals surface area contributed by atoms with Crippen LogP contribution in [0.3, 0.4) is 0 Å². The molecule has 5 nitrogen and oxygen atoms in total. The lowest BCUT2D eigenvalue weighted by molar-refractivity contribution is -0.122. The molecule has 0 saturated carbocycles. The van der Waals surface area contributed by atoms with Gasteiger partial charge in [-0.1, -0.05) is 44.2 Å². The number of hydrogen-bond acceptors (Lipinski definition) is 5. The highest BCUT2D eigenvalue weighted by molar-refractivity contribution is 7.15. The fourth-order valence-corrected chi connectivity index (χ4v) is 2.89. The monoisotopic (exact) mass is 337 g/mol. The van der Waals surface area contributed by atoms with Crippen LogP contribution >= 0.6 is 11.3 Å². The molecule has 1 aromatic heterocycles. The second kappa shape index (κ2) is 8.01. The fourth-order valence-electron chi connectivity index (χ4n) is 1.94. The van der Waals surface area contributed by atoms with Crippen molar-refractivity contribution in [2.24, 2.45) is 5.92 Å². The van der Waals surface area contributed by atoms with Crippen LogP contribution in [0.5, 0.6) is 5.75 Å². The molecule has 0 radical (unpaired) electrons. The molecule has 0 bridgehead atoms. The van der Waals surface area contributed by atoms with Crippen molar-refractivity contribution in [3.63, 3.8) is 0 Å². The predicted octanol–water partition coefficient (Wildman–Crippen LogP) is 3.67. The van der Waals surface area contributed by atoms with Gasteiger partial charge in [0.25, 0.3) is 5.91 Å². The summed E-state index contributed by atoms with van der Waals surface area (Å²) < 4.78 is 19.1. The quantitative estimate of drug-likeness (QED) is 0.837. The van der Waals surface area contributed by atoms with Gasteiger partial charge in [-0.25, -0.2) is 4.39 Å². The maximum Gasteiger partial charge on any atom is 0.267 e. The minimum Gasteiger partial charge on any atom is -0.478 e. The third-order valence-electron chi connectivity index (χ3n) is 3.05. The summed E-state index contributed by atoms with van der Waals surface area (Å²) in [4.78, 5) is 12.3. The lowest BCUT2D eigenvalue weighted by Gasteiger charge is -2.16. The van der Waals surface area contributed by atoms with Gasteiger partial charge in [-0.15, -0.1) is 10.2 Å². The number of aromatic nitrogens is 2. The van der Waals surface area contributed by atoms with Crippen LogP contribution in [0.25, 0.3) is 0 Å². The Balaban J connectivity index is 2.00. The zero-order valence-electron chi connectivity index (χ0n) is 13.4. The standard InChI is InChI=1S/C16H20FN3O2S/c1-4-12(22-13-8-6-5-7-11(13)17)15(21)18-16-20-19-14(23-16)9-10(2)3/h5-8,10,12H,4,9H2,1-3H3,(H,18,20,21)/t12-/m1/s1. The van der Waals surface area contributed by atoms with Crippen molar-refractivity contribution in [2.45, 2.75) is 39.7 Å². The number of nitrogens with zero attached hydrogens (tertiary/aromatic N) is 2. The van der Waals surface area contributed by atoms with Crippen molar-refractivity contribution in [1.82, 2.24) is 10.2 Å². The van der Waals surface area contributed by atoms with E-state index < -0.39 is 11.9 Å². The summed E-state index contributed by atoms with van der Waals surface area (Å²) in [5, 5.41) is 12.0. The molecular weight excluding hydrogens is 317 g/mol. The molecular formula is C16H20FN3O2S. The number of hydrogen-bond donors (Lipinski definition) is 1. The molecule has 7 heteroatoms. The van der Waals surface area contributed by atoms with E-state index in [1.165, 1.54) is 23.5 Å². The van der Waals surface area contributed by atoms with E-state index in [2.05, 4.69) is 29.4 Å². The number of rotatable bonds is 7. The molecule has 0 unspecified atom stereocenters. The molecule has 1 aromatic carbocycles. The molecule has 1 N–H and O–H groups in total. The molecule has 0 fully saturated rings. The van der Waals surface area contributed by atoms with Crippen LogP contribution in [0, 0.1) is 11.7 Å². The van der Waals surface area contributed by atoms with Gasteiger partial charge in [0.2, 0.25) is 5.13 Å². The summed E-state index contributed by atoms with van der Waals surface area (Å²) >= 11 is 1.34. The number of nitrogens with one attached hydrogen (secondary N) is 1. The Bertz CT molecular complexity index is 660. The van der Waals surface area contributed by atoms with Crippen LogP contribution in [-0.4, -0.2) is 22.2 Å². The highest BCUT2D eigenvalue weighted by Gasteiger charge is 2.21. The van der Waals surface area contributed by atoms with Gasteiger partial charge < -0.3 is 4.74 Å². The Kier molecular flexibility index (Phi) is 6.04. The number of halogens is 1. The van der Waals surface area contributed by atoms with Gasteiger partial charge >= 0.3 is 0 Å². The SMILES string of the molecule is CC[C@@H](Oc1ccccc1F)C(=O)Nc1nnc(CC(C)C)s1. The van der Waals surface area contributed by atoms with Crippen molar-refractivity contribution in [1.29, 1.82) is 0 Å². The summed E-state index contributed by atoms with van der Waals surface area (Å²) in [6, 6.07) is 6.02. The summed E-state index contributed by atoms with van der Waals surface area (Å²) in [5.41, 5.74) is 0. The molecule has 2 rings (SSSR count). The molecule has 0 aliphatic heterocycles. The van der Waals surface area contributed by atoms with Crippen molar-refractivity contribution < 1.29 is 13.9 Å². The Labute approximate surface area is 138 Å². The number of carbonyl (C=O) groups is 1. The maximum atomic E-state index is 13.6. The van der Waals surface area contributed by atoms with Gasteiger partial charge in [0, 0.05) is 6.42 Å². The second-order valence-corrected chi connectivity index (χ2v) is 6.60. The smallest absolute Gasteiger partial charge is 0.267 e. The predicted molar refractivity (Wildman–Crippen MR) is 88.2 cm³/mol. The topological polar surface area (TPSA) is 64.1 Å². The number of para-hydroxylation sites is 1. The van der Waals surface area contributed by atoms with E-state index in [1.54, 1.807) is 19.1 Å². The molecule has 124 valence electrons. The summed E-state index contributed by atoms with van der Waals surface area (Å²) in [6.07, 6.45) is 0.443. The molecule has 0 spiro atoms. The molecule has 0 aliphatic rings. The van der Waals surface area contributed by atoms with Crippen LogP contribution in [-0.2, 0) is 11.2 Å². The lowest BCUT2D eigenvalue weighted by Crippen LogP contribution is -2.32. The molecule has 1 atom stereocenters. The number of amides is 1. The minimum absolute atomic E-state index is 0.0623. The van der Waals surface area contributed by atoms with Gasteiger partial charge in [-0.3, -0.25) is 10.1 Å². The van der Waals surface area contributed by atoms with Crippen LogP contribution in [0.2, 0.25) is 0 Å². The lowest BCUT2D eigenvalue weighted by atomic mass is 10.1. The average Bonchev–Trinajstić information content (AvgIpc) is 2.92. The van der Waals surface area contributed by atoms with Crippen LogP contribution < -0.4 is 10.1 Å². The zero-order chi connectivity index (χ0) is 16.8. The van der Waals surface area contributed by atoms with Crippen LogP contribution in [0.1, 0.15) is 32.2 Å². The van der Waals surface area contributed by atoms with E-state index in [0.717, 1.165) is 11.4 Å². The minimum atomic E-state index is -0.788. The number of benzene rings is 1. The molecule has 2 aromatic rings. The van der Waals surface area contributed by atoms with E-state index in [1.807, 2.05) is 0 Å². The zero-order valence-corrected chi connectivity index (χ0v) is 14.2. The van der Waals surface area contributed by atoms with Gasteiger partial charge in [0.1, 0.15) is 5.01 Å². The third kappa shape index (κ3) is 4.99. The van der Waals surface area contributed by atoms with Gasteiger partial charge in [0.15, 0.2) is 17.7 Å². The molecule has 1 heterocycles. The largest absolute Gasteiger partial charge is 0.478 e. The van der Waals surface area contributed by atoms with Gasteiger partial charge in [-0.2, -0.15) is 0 Å². The van der Waals surface area contributed by atoms with Crippen molar-refractivity contribution in [3.05, 3.63) is 35.1 Å². The molecule has 23 heavy (non-hydrogen) atoms. The first-order chi connectivity index (χ1) is 11.0. The van der Waals surface area contributed by atoms with Gasteiger partial charge in [-0.05, 0) is 24.5 Å². The average molecular weight is 337 g/mol. The Hall–Kier alpha value is -2.02. The van der Waals surface area contributed by atoms with Crippen LogP contribution in [0.15, 0.2) is 24.3 Å². The van der Waals surface area contributed by atoms with E-state index in [-0.39, 0.29) is 11.7 Å². The first-order valence-electron chi connectivity index (χ1n) is 7.54. The summed E-state index contributed by atoms with van der Waals surface area (Å²) in [6.45, 7) is 5.99. The van der Waals surface area contributed by atoms with E-state index in [0.29, 0.717) is 17.5 Å². The first-order valence-corrected chi connectivity index (χ1v) is 8.35. The maximum absolute atomic E-state index is 13.6. The fraction of sp³-hybridized carbons (Fsp3) is 0.438. The van der Waals surface area contributed by atoms with Crippen LogP contribution in [0.4, 0.5) is 9.52 Å². The highest BCUT2D eigenvalue weighted by atomic mass is 32.1. The van der Waals surface area contributed by atoms with Crippen molar-refractivity contribution in [3.8, 4) is 5.75 Å². The third-order valence-corrected chi connectivity index (χ3v) is 3.91. The normalized spacial score (nSPS) is 12.2. The second-order valence-electron chi connectivity index (χ2n) is 5.53. The summed E-state index contributed by atoms with van der Waals surface area (Å²) in [7, 11) is 0. The first kappa shape index (κ1) is 17.3. The van der Waals surface area contributed by atoms with E-state index >= 15 is 0 Å². The van der Waals surface area contributed by atoms with Gasteiger partial charge in [0.05, 0.1) is 0 Å². The van der Waals surface area contributed by atoms with Crippen molar-refractivity contribution >= 4 is 22.4 Å². The number of anilines is 1. The highest BCUT2D eigenvalue weighted by Crippen LogP contribution is 2.21. The molecule has 0 saturated heterocycles. The Morgan fingerprint density at radius 1 is 1.35 bits per heavy atom. The Morgan fingerprint density at radius 2 is 2.09 bits per heavy atom. The van der Waals surface area contributed by atoms with E-state index in [4.69, 9.17) is 4.74 Å². The van der Waals surface area contributed by atoms with Crippen molar-refractivity contribution in [2.75, 3.05) is 5.32 Å². The number of ether oxygens (including phenoxy) is 1. The Morgan fingerprint density at radius 3 is 2.74 bits per heavy atom. The molecule has 0 aliphatic carbocycles.